The lowest BCUT2D eigenvalue weighted by atomic mass is 11.0. The number of hydrogen-bond donors (Lipinski definition) is 0. The van der Waals surface area contributed by atoms with E-state index < -0.39 is 0 Å². The second-order valence-corrected chi connectivity index (χ2v) is 2.37. The predicted molar refractivity (Wildman–Crippen MR) is 23.9 cm³/mol. The molecule has 4 heavy (non-hydrogen) atoms. The van der Waals surface area contributed by atoms with E-state index in [9.17, 15) is 0 Å². The third-order valence-corrected chi connectivity index (χ3v) is 1.50. The fraction of sp³-hybridized carbons (Fsp3) is 1.00. The third kappa shape index (κ3) is 2.88. The van der Waals surface area contributed by atoms with Gasteiger partial charge in [-0.2, -0.15) is 0 Å². The molecule has 0 unspecified atom stereocenters. The molecule has 0 aliphatic rings. The van der Waals surface area contributed by atoms with Crippen LogP contribution in [-0.4, -0.2) is 20.9 Å². The van der Waals surface area contributed by atoms with Crippen molar-refractivity contribution in [2.24, 2.45) is 0 Å². The molecule has 0 atom stereocenters. The summed E-state index contributed by atoms with van der Waals surface area (Å²) in [5.74, 6) is 1.20. The molecule has 0 aliphatic carbocycles. The second kappa shape index (κ2) is 3.88. The molecule has 0 fully saturated rings. The van der Waals surface area contributed by atoms with E-state index in [1.54, 1.807) is 10.1 Å². The Kier molecular flexibility index (Phi) is 4.74. The maximum absolute atomic E-state index is 2.57. The largest absolute Gasteiger partial charge is 0.286 e. The second-order valence-electron chi connectivity index (χ2n) is 0.455. The van der Waals surface area contributed by atoms with Crippen molar-refractivity contribution in [3.05, 3.63) is 0 Å². The van der Waals surface area contributed by atoms with Gasteiger partial charge >= 0.3 is 0 Å². The zero-order chi connectivity index (χ0) is 3.41. The summed E-state index contributed by atoms with van der Waals surface area (Å²) >= 11 is 2.57. The van der Waals surface area contributed by atoms with E-state index in [0.717, 1.165) is 0 Å². The average Bonchev–Trinajstić information content (AvgIpc) is 1.37. The van der Waals surface area contributed by atoms with Gasteiger partial charge < -0.3 is 0 Å². The van der Waals surface area contributed by atoms with Crippen molar-refractivity contribution in [1.82, 2.24) is 0 Å². The van der Waals surface area contributed by atoms with Gasteiger partial charge in [-0.3, -0.25) is 10.1 Å². The maximum atomic E-state index is 2.57. The number of hydrogen-bond acceptors (Lipinski definition) is 1. The van der Waals surface area contributed by atoms with E-state index in [1.807, 2.05) is 0 Å². The van der Waals surface area contributed by atoms with Crippen LogP contribution < -0.4 is 0 Å². The highest BCUT2D eigenvalue weighted by molar-refractivity contribution is 8.19. The van der Waals surface area contributed by atoms with E-state index in [1.165, 1.54) is 5.75 Å². The van der Waals surface area contributed by atoms with Crippen molar-refractivity contribution in [1.29, 1.82) is 0 Å². The van der Waals surface area contributed by atoms with Crippen LogP contribution in [0.15, 0.2) is 0 Å². The lowest BCUT2D eigenvalue weighted by Crippen LogP contribution is -1.54. The molecule has 0 aromatic heterocycles. The van der Waals surface area contributed by atoms with E-state index in [0.29, 0.717) is 0 Å². The molecule has 0 heterocycles. The molecule has 0 amide bonds. The van der Waals surface area contributed by atoms with Gasteiger partial charge in [0.1, 0.15) is 0 Å². The summed E-state index contributed by atoms with van der Waals surface area (Å²) in [7, 11) is 1.77. The Hall–Kier alpha value is 0.882. The van der Waals surface area contributed by atoms with E-state index >= 15 is 0 Å². The minimum absolute atomic E-state index is 1.20. The van der Waals surface area contributed by atoms with Crippen LogP contribution in [0.1, 0.15) is 6.92 Å². The van der Waals surface area contributed by atoms with Crippen LogP contribution in [0.25, 0.3) is 0 Å². The molecule has 0 aromatic carbocycles. The minimum Gasteiger partial charge on any atom is -0.286 e. The van der Waals surface area contributed by atoms with Gasteiger partial charge in [0.2, 0.25) is 15.2 Å². The van der Waals surface area contributed by atoms with Crippen LogP contribution in [0.2, 0.25) is 0 Å². The molecule has 0 saturated heterocycles. The Morgan fingerprint density at radius 3 is 2.25 bits per heavy atom. The van der Waals surface area contributed by atoms with Gasteiger partial charge in [-0.15, -0.1) is 0 Å². The first-order valence-electron chi connectivity index (χ1n) is 1.23. The fourth-order valence-corrected chi connectivity index (χ4v) is 0. The SMILES string of the molecule is CC[S][Al]. The Morgan fingerprint density at radius 1 is 2.00 bits per heavy atom. The van der Waals surface area contributed by atoms with E-state index in [2.05, 4.69) is 22.1 Å². The lowest BCUT2D eigenvalue weighted by molar-refractivity contribution is 1.54. The molecule has 0 spiro atoms. The topological polar surface area (TPSA) is 0 Å². The molecular formula is C2H5AlS. The van der Waals surface area contributed by atoms with E-state index in [4.69, 9.17) is 0 Å². The monoisotopic (exact) mass is 88.0 g/mol. The molecule has 0 aliphatic heterocycles. The zero-order valence-electron chi connectivity index (χ0n) is 2.69. The first-order chi connectivity index (χ1) is 1.91. The molecule has 22 valence electrons. The Labute approximate surface area is 38.4 Å². The molecule has 2 radical (unpaired) electrons. The first-order valence-corrected chi connectivity index (χ1v) is 3.69. The molecule has 0 N–H and O–H groups in total. The Morgan fingerprint density at radius 2 is 2.25 bits per heavy atom. The van der Waals surface area contributed by atoms with Crippen molar-refractivity contribution < 1.29 is 0 Å². The van der Waals surface area contributed by atoms with Crippen molar-refractivity contribution in [2.45, 2.75) is 6.92 Å². The molecule has 0 nitrogen and oxygen atoms in total. The van der Waals surface area contributed by atoms with Crippen molar-refractivity contribution in [3.8, 4) is 0 Å². The molecular weight excluding hydrogens is 83.1 g/mol. The summed E-state index contributed by atoms with van der Waals surface area (Å²) in [6.45, 7) is 2.12. The normalized spacial score (nSPS) is 7.25. The summed E-state index contributed by atoms with van der Waals surface area (Å²) in [5.41, 5.74) is 0. The highest BCUT2D eigenvalue weighted by atomic mass is 32.3. The van der Waals surface area contributed by atoms with Gasteiger partial charge in [0.25, 0.3) is 0 Å². The van der Waals surface area contributed by atoms with Gasteiger partial charge in [-0.1, -0.05) is 6.92 Å². The fourth-order valence-electron chi connectivity index (χ4n) is 0. The van der Waals surface area contributed by atoms with Crippen LogP contribution in [0, 0.1) is 0 Å². The van der Waals surface area contributed by atoms with Gasteiger partial charge in [0, 0.05) is 0 Å². The van der Waals surface area contributed by atoms with Crippen molar-refractivity contribution in [3.63, 3.8) is 0 Å². The van der Waals surface area contributed by atoms with Gasteiger partial charge in [-0.25, -0.2) is 0 Å². The molecule has 0 aromatic rings. The smallest absolute Gasteiger partial charge is 0.232 e. The van der Waals surface area contributed by atoms with Gasteiger partial charge in [0.15, 0.2) is 0 Å². The first kappa shape index (κ1) is 4.88. The summed E-state index contributed by atoms with van der Waals surface area (Å²) in [6, 6.07) is 0. The lowest BCUT2D eigenvalue weighted by Gasteiger charge is -1.72. The predicted octanol–water partition coefficient (Wildman–Crippen LogP) is 0.823. The molecule has 0 saturated carbocycles. The van der Waals surface area contributed by atoms with Gasteiger partial charge in [-0.05, 0) is 5.75 Å². The molecule has 0 rings (SSSR count). The van der Waals surface area contributed by atoms with E-state index in [-0.39, 0.29) is 0 Å². The molecule has 2 heteroatoms. The quantitative estimate of drug-likeness (QED) is 0.428. The van der Waals surface area contributed by atoms with Crippen LogP contribution in [0.5, 0.6) is 0 Å². The summed E-state index contributed by atoms with van der Waals surface area (Å²) < 4.78 is 0. The maximum Gasteiger partial charge on any atom is 0.232 e. The summed E-state index contributed by atoms with van der Waals surface area (Å²) in [6.07, 6.45) is 0. The third-order valence-electron chi connectivity index (χ3n) is 0.167. The van der Waals surface area contributed by atoms with Crippen LogP contribution in [0.4, 0.5) is 0 Å². The Balaban J connectivity index is 1.97. The molecule has 0 bridgehead atoms. The average molecular weight is 88.1 g/mol. The number of rotatable bonds is 1. The van der Waals surface area contributed by atoms with Crippen molar-refractivity contribution >= 4 is 25.3 Å². The Bertz CT molecular complexity index is 8.00. The van der Waals surface area contributed by atoms with Crippen molar-refractivity contribution in [2.75, 3.05) is 5.75 Å². The summed E-state index contributed by atoms with van der Waals surface area (Å²) in [4.78, 5) is 0. The van der Waals surface area contributed by atoms with Crippen LogP contribution in [-0.2, 0) is 0 Å². The minimum atomic E-state index is 1.20. The highest BCUT2D eigenvalue weighted by Crippen LogP contribution is 1.81. The summed E-state index contributed by atoms with van der Waals surface area (Å²) in [5, 5.41) is 0. The van der Waals surface area contributed by atoms with Crippen LogP contribution in [0.3, 0.4) is 0 Å². The van der Waals surface area contributed by atoms with Gasteiger partial charge in [0.05, 0.1) is 0 Å². The standard InChI is InChI=1S/C2H6S.Al/c1-2-3;/h3H,2H2,1H3;/q;+1/p-1. The highest BCUT2D eigenvalue weighted by Gasteiger charge is 1.54. The zero-order valence-corrected chi connectivity index (χ0v) is 4.66. The van der Waals surface area contributed by atoms with Crippen LogP contribution >= 0.6 is 10.1 Å².